The molecule has 2 aromatic rings. The summed E-state index contributed by atoms with van der Waals surface area (Å²) in [5, 5.41) is 6.18. The molecule has 21 heavy (non-hydrogen) atoms. The van der Waals surface area contributed by atoms with E-state index in [1.54, 1.807) is 13.1 Å². The summed E-state index contributed by atoms with van der Waals surface area (Å²) in [6.45, 7) is 2.10. The zero-order valence-electron chi connectivity index (χ0n) is 11.7. The number of esters is 1. The molecule has 0 amide bonds. The Kier molecular flexibility index (Phi) is 5.34. The Bertz CT molecular complexity index is 554. The Morgan fingerprint density at radius 2 is 1.90 bits per heavy atom. The van der Waals surface area contributed by atoms with E-state index in [0.717, 1.165) is 5.69 Å². The molecular weight excluding hydrogens is 266 g/mol. The van der Waals surface area contributed by atoms with Crippen LogP contribution in [-0.4, -0.2) is 17.6 Å². The molecule has 0 saturated heterocycles. The third-order valence-corrected chi connectivity index (χ3v) is 2.53. The second-order valence-corrected chi connectivity index (χ2v) is 4.14. The Balaban J connectivity index is 2.16. The summed E-state index contributed by atoms with van der Waals surface area (Å²) in [5.74, 6) is 0.717. The van der Waals surface area contributed by atoms with E-state index in [0.29, 0.717) is 18.2 Å². The lowest BCUT2D eigenvalue weighted by molar-refractivity contribution is -0.137. The molecule has 1 aromatic heterocycles. The summed E-state index contributed by atoms with van der Waals surface area (Å²) >= 11 is 0. The molecular formula is C16H17N3O2. The van der Waals surface area contributed by atoms with Gasteiger partial charge in [0.1, 0.15) is 11.6 Å². The minimum absolute atomic E-state index is 0.331. The fraction of sp³-hybridized carbons (Fsp3) is 0.125. The van der Waals surface area contributed by atoms with Crippen molar-refractivity contribution in [1.29, 1.82) is 0 Å². The van der Waals surface area contributed by atoms with Crippen molar-refractivity contribution in [3.8, 4) is 0 Å². The number of anilines is 2. The molecule has 0 fully saturated rings. The number of rotatable bonds is 6. The van der Waals surface area contributed by atoms with Gasteiger partial charge in [0.15, 0.2) is 0 Å². The fourth-order valence-electron chi connectivity index (χ4n) is 1.66. The summed E-state index contributed by atoms with van der Waals surface area (Å²) in [4.78, 5) is 15.8. The van der Waals surface area contributed by atoms with Gasteiger partial charge in [0.05, 0.1) is 12.7 Å². The molecule has 2 rings (SSSR count). The molecule has 1 aromatic carbocycles. The van der Waals surface area contributed by atoms with Crippen molar-refractivity contribution < 1.29 is 9.53 Å². The van der Waals surface area contributed by atoms with Crippen LogP contribution in [0, 0.1) is 0 Å². The lowest BCUT2D eigenvalue weighted by atomic mass is 10.3. The molecule has 2 N–H and O–H groups in total. The fourth-order valence-corrected chi connectivity index (χ4v) is 1.66. The normalized spacial score (nSPS) is 10.8. The third kappa shape index (κ3) is 4.99. The molecule has 0 spiro atoms. The highest BCUT2D eigenvalue weighted by atomic mass is 16.5. The monoisotopic (exact) mass is 283 g/mol. The first-order valence-corrected chi connectivity index (χ1v) is 6.66. The molecule has 0 unspecified atom stereocenters. The molecule has 108 valence electrons. The van der Waals surface area contributed by atoms with Crippen LogP contribution in [0.2, 0.25) is 0 Å². The molecule has 0 bridgehead atoms. The van der Waals surface area contributed by atoms with Crippen LogP contribution in [0.5, 0.6) is 0 Å². The number of nitrogens with one attached hydrogen (secondary N) is 2. The standard InChI is InChI=1S/C16H17N3O2/c1-2-21-16(20)12-15(18-13-8-4-3-5-9-13)19-14-10-6-7-11-17-14/h3-12,18H,2H2,1H3,(H,17,19)/b15-12+. The minimum atomic E-state index is -0.417. The zero-order valence-corrected chi connectivity index (χ0v) is 11.7. The Morgan fingerprint density at radius 3 is 2.57 bits per heavy atom. The summed E-state index contributed by atoms with van der Waals surface area (Å²) in [7, 11) is 0. The second kappa shape index (κ2) is 7.69. The topological polar surface area (TPSA) is 63.2 Å². The van der Waals surface area contributed by atoms with Crippen LogP contribution in [-0.2, 0) is 9.53 Å². The van der Waals surface area contributed by atoms with Gasteiger partial charge in [-0.15, -0.1) is 0 Å². The average Bonchev–Trinajstić information content (AvgIpc) is 2.49. The molecule has 0 atom stereocenters. The maximum Gasteiger partial charge on any atom is 0.334 e. The number of benzene rings is 1. The van der Waals surface area contributed by atoms with Gasteiger partial charge in [0, 0.05) is 11.9 Å². The Hall–Kier alpha value is -2.82. The zero-order chi connectivity index (χ0) is 14.9. The summed E-state index contributed by atoms with van der Waals surface area (Å²) in [6.07, 6.45) is 3.04. The van der Waals surface area contributed by atoms with Gasteiger partial charge in [-0.05, 0) is 31.2 Å². The SMILES string of the molecule is CCOC(=O)/C=C(\Nc1ccccc1)Nc1ccccn1. The van der Waals surface area contributed by atoms with Gasteiger partial charge in [-0.25, -0.2) is 9.78 Å². The van der Waals surface area contributed by atoms with Crippen molar-refractivity contribution in [2.24, 2.45) is 0 Å². The Morgan fingerprint density at radius 1 is 1.14 bits per heavy atom. The van der Waals surface area contributed by atoms with Crippen molar-refractivity contribution in [2.45, 2.75) is 6.92 Å². The van der Waals surface area contributed by atoms with E-state index in [1.807, 2.05) is 48.5 Å². The lowest BCUT2D eigenvalue weighted by Crippen LogP contribution is -2.13. The van der Waals surface area contributed by atoms with E-state index < -0.39 is 5.97 Å². The first-order valence-electron chi connectivity index (χ1n) is 6.66. The van der Waals surface area contributed by atoms with Crippen LogP contribution in [0.3, 0.4) is 0 Å². The highest BCUT2D eigenvalue weighted by Crippen LogP contribution is 2.11. The van der Waals surface area contributed by atoms with E-state index in [1.165, 1.54) is 6.08 Å². The smallest absolute Gasteiger partial charge is 0.334 e. The quantitative estimate of drug-likeness (QED) is 0.630. The van der Waals surface area contributed by atoms with Gasteiger partial charge in [0.25, 0.3) is 0 Å². The van der Waals surface area contributed by atoms with Crippen LogP contribution in [0.25, 0.3) is 0 Å². The lowest BCUT2D eigenvalue weighted by Gasteiger charge is -2.13. The van der Waals surface area contributed by atoms with Crippen molar-refractivity contribution >= 4 is 17.5 Å². The number of ether oxygens (including phenoxy) is 1. The largest absolute Gasteiger partial charge is 0.463 e. The minimum Gasteiger partial charge on any atom is -0.463 e. The second-order valence-electron chi connectivity index (χ2n) is 4.14. The van der Waals surface area contributed by atoms with Gasteiger partial charge in [-0.1, -0.05) is 24.3 Å². The van der Waals surface area contributed by atoms with Crippen LogP contribution in [0.15, 0.2) is 66.6 Å². The van der Waals surface area contributed by atoms with Gasteiger partial charge < -0.3 is 15.4 Å². The van der Waals surface area contributed by atoms with E-state index in [4.69, 9.17) is 4.74 Å². The van der Waals surface area contributed by atoms with E-state index in [2.05, 4.69) is 15.6 Å². The molecule has 5 nitrogen and oxygen atoms in total. The van der Waals surface area contributed by atoms with E-state index in [-0.39, 0.29) is 0 Å². The van der Waals surface area contributed by atoms with Gasteiger partial charge in [0.2, 0.25) is 0 Å². The van der Waals surface area contributed by atoms with Crippen molar-refractivity contribution in [2.75, 3.05) is 17.2 Å². The predicted molar refractivity (Wildman–Crippen MR) is 82.6 cm³/mol. The molecule has 0 aliphatic heterocycles. The number of hydrogen-bond donors (Lipinski definition) is 2. The number of para-hydroxylation sites is 1. The highest BCUT2D eigenvalue weighted by molar-refractivity contribution is 5.84. The molecule has 0 aliphatic carbocycles. The first-order chi connectivity index (χ1) is 10.3. The van der Waals surface area contributed by atoms with Gasteiger partial charge in [-0.3, -0.25) is 0 Å². The number of hydrogen-bond acceptors (Lipinski definition) is 5. The number of carbonyl (C=O) groups excluding carboxylic acids is 1. The summed E-state index contributed by atoms with van der Waals surface area (Å²) in [6, 6.07) is 15.0. The van der Waals surface area contributed by atoms with Gasteiger partial charge in [-0.2, -0.15) is 0 Å². The molecule has 5 heteroatoms. The van der Waals surface area contributed by atoms with Gasteiger partial charge >= 0.3 is 5.97 Å². The first kappa shape index (κ1) is 14.6. The van der Waals surface area contributed by atoms with E-state index >= 15 is 0 Å². The number of carbonyl (C=O) groups is 1. The molecule has 0 saturated carbocycles. The van der Waals surface area contributed by atoms with Crippen molar-refractivity contribution in [3.63, 3.8) is 0 Å². The molecule has 0 aliphatic rings. The number of pyridine rings is 1. The maximum absolute atomic E-state index is 11.6. The third-order valence-electron chi connectivity index (χ3n) is 2.53. The summed E-state index contributed by atoms with van der Waals surface area (Å²) in [5.41, 5.74) is 0.858. The van der Waals surface area contributed by atoms with Crippen molar-refractivity contribution in [3.05, 3.63) is 66.6 Å². The highest BCUT2D eigenvalue weighted by Gasteiger charge is 2.04. The van der Waals surface area contributed by atoms with Crippen LogP contribution >= 0.6 is 0 Å². The van der Waals surface area contributed by atoms with Crippen LogP contribution in [0.4, 0.5) is 11.5 Å². The number of nitrogens with zero attached hydrogens (tertiary/aromatic N) is 1. The van der Waals surface area contributed by atoms with Crippen LogP contribution < -0.4 is 10.6 Å². The van der Waals surface area contributed by atoms with E-state index in [9.17, 15) is 4.79 Å². The number of aromatic nitrogens is 1. The predicted octanol–water partition coefficient (Wildman–Crippen LogP) is 3.01. The molecule has 1 heterocycles. The summed E-state index contributed by atoms with van der Waals surface area (Å²) < 4.78 is 4.93. The Labute approximate surface area is 123 Å². The average molecular weight is 283 g/mol. The maximum atomic E-state index is 11.6. The van der Waals surface area contributed by atoms with Crippen molar-refractivity contribution in [1.82, 2.24) is 4.98 Å². The molecule has 0 radical (unpaired) electrons. The van der Waals surface area contributed by atoms with Crippen LogP contribution in [0.1, 0.15) is 6.92 Å².